The number of carbonyl (C=O) groups excluding carboxylic acids is 1. The largest absolute Gasteiger partial charge is 0.382 e. The zero-order chi connectivity index (χ0) is 17.1. The lowest BCUT2D eigenvalue weighted by Crippen LogP contribution is -2.77. The van der Waals surface area contributed by atoms with E-state index in [9.17, 15) is 9.18 Å². The summed E-state index contributed by atoms with van der Waals surface area (Å²) in [6.45, 7) is 4.77. The molecule has 5 heteroatoms. The molecule has 4 nitrogen and oxygen atoms in total. The van der Waals surface area contributed by atoms with Crippen molar-refractivity contribution in [3.8, 4) is 11.3 Å². The summed E-state index contributed by atoms with van der Waals surface area (Å²) in [6, 6.07) is 12.7. The van der Waals surface area contributed by atoms with Crippen LogP contribution in [0.1, 0.15) is 15.9 Å². The predicted molar refractivity (Wildman–Crippen MR) is 92.9 cm³/mol. The standard InChI is InChI=1S/C19H19FN3O/c1-3-22-19(24)16-8-14(20)9-18-15(16)10-17(23-18)13-6-4-12(5-7-13)11-21-2/h4-10,21,23H,1,3,11H2,2H3,(H,22,24)/q-1/p+1. The van der Waals surface area contributed by atoms with Crippen molar-refractivity contribution in [2.45, 2.75) is 6.54 Å². The molecule has 0 fully saturated rings. The van der Waals surface area contributed by atoms with E-state index in [2.05, 4.69) is 34.7 Å². The smallest absolute Gasteiger partial charge is 0.249 e. The first-order chi connectivity index (χ1) is 11.6. The minimum Gasteiger partial charge on any atom is -0.382 e. The maximum Gasteiger partial charge on any atom is 0.249 e. The monoisotopic (exact) mass is 325 g/mol. The predicted octanol–water partition coefficient (Wildman–Crippen LogP) is 2.23. The molecule has 0 aliphatic heterocycles. The fourth-order valence-electron chi connectivity index (χ4n) is 2.81. The molecular formula is C19H20FN3O. The maximum absolute atomic E-state index is 13.8. The number of H-pyrrole nitrogens is 1. The Morgan fingerprint density at radius 1 is 1.25 bits per heavy atom. The van der Waals surface area contributed by atoms with Gasteiger partial charge in [0.05, 0.1) is 12.6 Å². The average Bonchev–Trinajstić information content (AvgIpc) is 2.99. The Bertz CT molecular complexity index is 868. The third-order valence-corrected chi connectivity index (χ3v) is 3.94. The van der Waals surface area contributed by atoms with Crippen molar-refractivity contribution in [2.75, 3.05) is 13.6 Å². The van der Waals surface area contributed by atoms with Crippen molar-refractivity contribution in [3.05, 3.63) is 66.3 Å². The van der Waals surface area contributed by atoms with Crippen molar-refractivity contribution in [1.29, 1.82) is 0 Å². The van der Waals surface area contributed by atoms with Crippen LogP contribution in [0.15, 0.2) is 42.5 Å². The molecule has 0 bridgehead atoms. The van der Waals surface area contributed by atoms with E-state index in [1.807, 2.05) is 25.2 Å². The molecule has 0 atom stereocenters. The fraction of sp³-hybridized carbons (Fsp3) is 0.158. The number of hydrogen-bond donors (Lipinski definition) is 3. The number of benzene rings is 2. The summed E-state index contributed by atoms with van der Waals surface area (Å²) in [5, 5.41) is 5.42. The number of rotatable bonds is 5. The third kappa shape index (κ3) is 3.16. The average molecular weight is 325 g/mol. The molecule has 1 aromatic heterocycles. The molecule has 0 radical (unpaired) electrons. The quantitative estimate of drug-likeness (QED) is 0.619. The van der Waals surface area contributed by atoms with Gasteiger partial charge < -0.3 is 22.5 Å². The first-order valence-electron chi connectivity index (χ1n) is 7.89. The van der Waals surface area contributed by atoms with Crippen LogP contribution in [0.4, 0.5) is 4.39 Å². The van der Waals surface area contributed by atoms with Gasteiger partial charge in [-0.1, -0.05) is 24.3 Å². The summed E-state index contributed by atoms with van der Waals surface area (Å²) >= 11 is 0. The number of fused-ring (bicyclic) bond motifs is 1. The molecule has 3 aromatic rings. The number of nitrogens with two attached hydrogens (primary N) is 1. The molecule has 0 aliphatic carbocycles. The zero-order valence-corrected chi connectivity index (χ0v) is 13.5. The van der Waals surface area contributed by atoms with Crippen molar-refractivity contribution in [3.63, 3.8) is 0 Å². The summed E-state index contributed by atoms with van der Waals surface area (Å²) in [7, 11) is 2.03. The van der Waals surface area contributed by atoms with Gasteiger partial charge in [-0.05, 0) is 23.8 Å². The van der Waals surface area contributed by atoms with E-state index in [0.29, 0.717) is 16.5 Å². The van der Waals surface area contributed by atoms with Gasteiger partial charge in [-0.3, -0.25) is 4.79 Å². The highest BCUT2D eigenvalue weighted by Crippen LogP contribution is 2.27. The minimum absolute atomic E-state index is 0.254. The topological polar surface area (TPSA) is 61.5 Å². The molecule has 0 aliphatic rings. The van der Waals surface area contributed by atoms with Gasteiger partial charge >= 0.3 is 0 Å². The van der Waals surface area contributed by atoms with Crippen LogP contribution >= 0.6 is 0 Å². The van der Waals surface area contributed by atoms with E-state index < -0.39 is 5.82 Å². The van der Waals surface area contributed by atoms with Crippen LogP contribution in [0.5, 0.6) is 0 Å². The highest BCUT2D eigenvalue weighted by atomic mass is 19.1. The Hall–Kier alpha value is -2.66. The first kappa shape index (κ1) is 16.2. The Kier molecular flexibility index (Phi) is 4.62. The van der Waals surface area contributed by atoms with E-state index in [0.717, 1.165) is 17.8 Å². The fourth-order valence-corrected chi connectivity index (χ4v) is 2.81. The normalized spacial score (nSPS) is 11.0. The Morgan fingerprint density at radius 2 is 2.00 bits per heavy atom. The molecule has 124 valence electrons. The van der Waals surface area contributed by atoms with Gasteiger partial charge in [-0.2, -0.15) is 0 Å². The number of hydrogen-bond acceptors (Lipinski definition) is 1. The lowest BCUT2D eigenvalue weighted by atomic mass is 10.1. The maximum atomic E-state index is 13.8. The number of aromatic nitrogens is 1. The van der Waals surface area contributed by atoms with Crippen molar-refractivity contribution in [1.82, 2.24) is 10.3 Å². The first-order valence-corrected chi connectivity index (χ1v) is 7.89. The molecule has 0 unspecified atom stereocenters. The lowest BCUT2D eigenvalue weighted by molar-refractivity contribution is -0.643. The molecule has 3 rings (SSSR count). The Morgan fingerprint density at radius 3 is 2.67 bits per heavy atom. The van der Waals surface area contributed by atoms with Gasteiger partial charge in [0.1, 0.15) is 12.4 Å². The summed E-state index contributed by atoms with van der Waals surface area (Å²) in [6.07, 6.45) is 0. The van der Waals surface area contributed by atoms with Crippen LogP contribution in [0.3, 0.4) is 0 Å². The van der Waals surface area contributed by atoms with Crippen LogP contribution in [0.25, 0.3) is 22.2 Å². The van der Waals surface area contributed by atoms with Crippen molar-refractivity contribution in [2.24, 2.45) is 0 Å². The summed E-state index contributed by atoms with van der Waals surface area (Å²) in [4.78, 5) is 15.3. The van der Waals surface area contributed by atoms with Crippen LogP contribution in [0.2, 0.25) is 0 Å². The third-order valence-electron chi connectivity index (χ3n) is 3.94. The second-order valence-electron chi connectivity index (χ2n) is 5.66. The van der Waals surface area contributed by atoms with E-state index in [4.69, 9.17) is 0 Å². The van der Waals surface area contributed by atoms with Gasteiger partial charge in [0.15, 0.2) is 0 Å². The summed E-state index contributed by atoms with van der Waals surface area (Å²) in [5.74, 6) is -0.771. The van der Waals surface area contributed by atoms with Crippen molar-refractivity contribution >= 4 is 16.8 Å². The second-order valence-corrected chi connectivity index (χ2v) is 5.66. The number of halogens is 1. The number of amides is 1. The van der Waals surface area contributed by atoms with E-state index >= 15 is 0 Å². The molecule has 1 amide bonds. The molecular weight excluding hydrogens is 305 g/mol. The van der Waals surface area contributed by atoms with Crippen LogP contribution in [-0.2, 0) is 6.54 Å². The van der Waals surface area contributed by atoms with Crippen molar-refractivity contribution < 1.29 is 14.5 Å². The second kappa shape index (κ2) is 6.84. The van der Waals surface area contributed by atoms with Gasteiger partial charge in [0.2, 0.25) is 5.91 Å². The van der Waals surface area contributed by atoms with Gasteiger partial charge in [0.25, 0.3) is 0 Å². The number of nitrogens with one attached hydrogen (secondary N) is 2. The lowest BCUT2D eigenvalue weighted by Gasteiger charge is -2.06. The van der Waals surface area contributed by atoms with Crippen LogP contribution < -0.4 is 10.6 Å². The Balaban J connectivity index is 2.04. The highest BCUT2D eigenvalue weighted by molar-refractivity contribution is 6.07. The number of aromatic amines is 1. The molecule has 0 spiro atoms. The molecule has 24 heavy (non-hydrogen) atoms. The summed E-state index contributed by atoms with van der Waals surface area (Å²) < 4.78 is 13.8. The molecule has 4 N–H and O–H groups in total. The van der Waals surface area contributed by atoms with E-state index in [1.54, 1.807) is 0 Å². The number of carbonyl (C=O) groups is 1. The zero-order valence-electron chi connectivity index (χ0n) is 13.5. The molecule has 1 heterocycles. The van der Waals surface area contributed by atoms with E-state index in [1.165, 1.54) is 17.7 Å². The van der Waals surface area contributed by atoms with Gasteiger partial charge in [-0.25, -0.2) is 4.39 Å². The molecule has 0 saturated carbocycles. The van der Waals surface area contributed by atoms with Crippen LogP contribution in [-0.4, -0.2) is 24.5 Å². The highest BCUT2D eigenvalue weighted by Gasteiger charge is 2.14. The van der Waals surface area contributed by atoms with Gasteiger partial charge in [0, 0.05) is 22.2 Å². The molecule has 2 aromatic carbocycles. The SMILES string of the molecule is [CH2-]CNC(=O)c1cc(F)cc2[nH]c(-c3ccc(C[NH2+]C)cc3)cc12. The van der Waals surface area contributed by atoms with Crippen LogP contribution in [0, 0.1) is 12.7 Å². The number of quaternary nitrogens is 1. The van der Waals surface area contributed by atoms with Gasteiger partial charge in [-0.15, -0.1) is 6.54 Å². The van der Waals surface area contributed by atoms with E-state index in [-0.39, 0.29) is 12.5 Å². The minimum atomic E-state index is -0.445. The summed E-state index contributed by atoms with van der Waals surface area (Å²) in [5.41, 5.74) is 4.00. The Labute approximate surface area is 140 Å². The molecule has 0 saturated heterocycles.